The second-order valence-electron chi connectivity index (χ2n) is 2.48. The molecule has 0 atom stereocenters. The van der Waals surface area contributed by atoms with Gasteiger partial charge in [0, 0.05) is 6.54 Å². The Morgan fingerprint density at radius 1 is 1.18 bits per heavy atom. The molecule has 5 heteroatoms. The topological polar surface area (TPSA) is 58.2 Å². The third kappa shape index (κ3) is 9.87. The zero-order valence-electron chi connectivity index (χ0n) is 7.05. The molecule has 11 heavy (non-hydrogen) atoms. The van der Waals surface area contributed by atoms with E-state index in [1.54, 1.807) is 0 Å². The van der Waals surface area contributed by atoms with E-state index in [1.807, 2.05) is 7.05 Å². The van der Waals surface area contributed by atoms with Crippen molar-refractivity contribution in [1.82, 2.24) is 10.0 Å². The summed E-state index contributed by atoms with van der Waals surface area (Å²) in [5.74, 6) is 0. The summed E-state index contributed by atoms with van der Waals surface area (Å²) in [6.07, 6.45) is 3.05. The van der Waals surface area contributed by atoms with E-state index in [0.717, 1.165) is 19.4 Å². The van der Waals surface area contributed by atoms with E-state index >= 15 is 0 Å². The second kappa shape index (κ2) is 5.51. The van der Waals surface area contributed by atoms with Crippen LogP contribution in [0, 0.1) is 0 Å². The largest absolute Gasteiger partial charge is 0.320 e. The van der Waals surface area contributed by atoms with E-state index in [0.29, 0.717) is 6.54 Å². The number of rotatable bonds is 6. The van der Waals surface area contributed by atoms with E-state index in [-0.39, 0.29) is 0 Å². The summed E-state index contributed by atoms with van der Waals surface area (Å²) in [6.45, 7) is 1.48. The molecule has 0 saturated heterocycles. The summed E-state index contributed by atoms with van der Waals surface area (Å²) >= 11 is 0. The molecule has 0 aromatic carbocycles. The number of nitrogens with one attached hydrogen (secondary N) is 2. The fourth-order valence-corrected chi connectivity index (χ4v) is 1.20. The van der Waals surface area contributed by atoms with Crippen molar-refractivity contribution in [2.45, 2.75) is 12.8 Å². The van der Waals surface area contributed by atoms with Gasteiger partial charge in [-0.05, 0) is 26.4 Å². The zero-order valence-corrected chi connectivity index (χ0v) is 7.87. The van der Waals surface area contributed by atoms with Gasteiger partial charge in [0.05, 0.1) is 6.26 Å². The molecular formula is C6H16N2O2S. The predicted molar refractivity (Wildman–Crippen MR) is 46.0 cm³/mol. The molecule has 0 unspecified atom stereocenters. The van der Waals surface area contributed by atoms with E-state index < -0.39 is 10.0 Å². The van der Waals surface area contributed by atoms with Gasteiger partial charge in [0.1, 0.15) is 0 Å². The van der Waals surface area contributed by atoms with Crippen LogP contribution in [0.4, 0.5) is 0 Å². The number of unbranched alkanes of at least 4 members (excludes halogenated alkanes) is 1. The Kier molecular flexibility index (Phi) is 5.45. The summed E-state index contributed by atoms with van der Waals surface area (Å²) in [4.78, 5) is 0. The number of hydrogen-bond donors (Lipinski definition) is 2. The molecule has 2 N–H and O–H groups in total. The van der Waals surface area contributed by atoms with Crippen molar-refractivity contribution in [3.8, 4) is 0 Å². The Balaban J connectivity index is 3.16. The molecule has 0 aliphatic carbocycles. The maximum atomic E-state index is 10.5. The molecule has 0 radical (unpaired) electrons. The first-order valence-electron chi connectivity index (χ1n) is 3.65. The van der Waals surface area contributed by atoms with Crippen molar-refractivity contribution in [2.75, 3.05) is 26.4 Å². The maximum Gasteiger partial charge on any atom is 0.208 e. The molecule has 0 spiro atoms. The van der Waals surface area contributed by atoms with Crippen LogP contribution in [-0.4, -0.2) is 34.8 Å². The van der Waals surface area contributed by atoms with Gasteiger partial charge in [-0.2, -0.15) is 0 Å². The molecule has 0 aliphatic rings. The lowest BCUT2D eigenvalue weighted by atomic mass is 10.3. The highest BCUT2D eigenvalue weighted by Gasteiger charge is 1.97. The fourth-order valence-electron chi connectivity index (χ4n) is 0.684. The van der Waals surface area contributed by atoms with Crippen LogP contribution in [0.15, 0.2) is 0 Å². The van der Waals surface area contributed by atoms with Crippen molar-refractivity contribution < 1.29 is 8.42 Å². The maximum absolute atomic E-state index is 10.5. The van der Waals surface area contributed by atoms with Crippen molar-refractivity contribution in [3.05, 3.63) is 0 Å². The summed E-state index contributed by atoms with van der Waals surface area (Å²) in [5, 5.41) is 2.99. The van der Waals surface area contributed by atoms with Gasteiger partial charge in [-0.15, -0.1) is 0 Å². The minimum absolute atomic E-state index is 0.542. The lowest BCUT2D eigenvalue weighted by Crippen LogP contribution is -2.23. The normalized spacial score (nSPS) is 11.8. The quantitative estimate of drug-likeness (QED) is 0.544. The molecule has 68 valence electrons. The molecule has 0 amide bonds. The first-order chi connectivity index (χ1) is 5.06. The highest BCUT2D eigenvalue weighted by atomic mass is 32.2. The van der Waals surface area contributed by atoms with Crippen molar-refractivity contribution >= 4 is 10.0 Å². The predicted octanol–water partition coefficient (Wildman–Crippen LogP) is -0.465. The molecule has 0 rings (SSSR count). The number of sulfonamides is 1. The Labute approximate surface area is 68.4 Å². The molecule has 0 bridgehead atoms. The molecule has 0 aromatic rings. The fraction of sp³-hybridized carbons (Fsp3) is 1.00. The third-order valence-electron chi connectivity index (χ3n) is 1.22. The smallest absolute Gasteiger partial charge is 0.208 e. The van der Waals surface area contributed by atoms with Gasteiger partial charge in [0.15, 0.2) is 0 Å². The lowest BCUT2D eigenvalue weighted by Gasteiger charge is -2.00. The standard InChI is InChI=1S/C6H16N2O2S/c1-7-5-3-4-6-8-11(2,9)10/h7-8H,3-6H2,1-2H3. The zero-order chi connectivity index (χ0) is 8.74. The summed E-state index contributed by atoms with van der Waals surface area (Å²) in [6, 6.07) is 0. The average molecular weight is 180 g/mol. The van der Waals surface area contributed by atoms with E-state index in [1.165, 1.54) is 6.26 Å². The molecule has 0 aromatic heterocycles. The van der Waals surface area contributed by atoms with Crippen LogP contribution in [0.3, 0.4) is 0 Å². The summed E-state index contributed by atoms with van der Waals surface area (Å²) < 4.78 is 23.5. The van der Waals surface area contributed by atoms with Gasteiger partial charge in [-0.25, -0.2) is 13.1 Å². The van der Waals surface area contributed by atoms with Crippen LogP contribution in [-0.2, 0) is 10.0 Å². The lowest BCUT2D eigenvalue weighted by molar-refractivity contribution is 0.581. The second-order valence-corrected chi connectivity index (χ2v) is 4.31. The van der Waals surface area contributed by atoms with Crippen molar-refractivity contribution in [3.63, 3.8) is 0 Å². The van der Waals surface area contributed by atoms with Gasteiger partial charge in [0.25, 0.3) is 0 Å². The van der Waals surface area contributed by atoms with Crippen molar-refractivity contribution in [2.24, 2.45) is 0 Å². The monoisotopic (exact) mass is 180 g/mol. The van der Waals surface area contributed by atoms with Crippen LogP contribution in [0.25, 0.3) is 0 Å². The average Bonchev–Trinajstić information content (AvgIpc) is 1.85. The third-order valence-corrected chi connectivity index (χ3v) is 1.95. The van der Waals surface area contributed by atoms with E-state index in [2.05, 4.69) is 10.0 Å². The minimum Gasteiger partial charge on any atom is -0.320 e. The van der Waals surface area contributed by atoms with Crippen LogP contribution < -0.4 is 10.0 Å². The Bertz CT molecular complexity index is 177. The van der Waals surface area contributed by atoms with Gasteiger partial charge >= 0.3 is 0 Å². The molecule has 0 saturated carbocycles. The Morgan fingerprint density at radius 2 is 1.73 bits per heavy atom. The number of hydrogen-bond acceptors (Lipinski definition) is 3. The van der Waals surface area contributed by atoms with Crippen molar-refractivity contribution in [1.29, 1.82) is 0 Å². The SMILES string of the molecule is CNCCCCNS(C)(=O)=O. The van der Waals surface area contributed by atoms with Gasteiger partial charge in [0.2, 0.25) is 10.0 Å². The summed E-state index contributed by atoms with van der Waals surface area (Å²) in [7, 11) is -1.10. The van der Waals surface area contributed by atoms with E-state index in [9.17, 15) is 8.42 Å². The first kappa shape index (κ1) is 10.9. The molecular weight excluding hydrogens is 164 g/mol. The Hall–Kier alpha value is -0.130. The molecule has 0 heterocycles. The van der Waals surface area contributed by atoms with Gasteiger partial charge in [-0.1, -0.05) is 0 Å². The van der Waals surface area contributed by atoms with Crippen LogP contribution in [0.2, 0.25) is 0 Å². The molecule has 0 fully saturated rings. The Morgan fingerprint density at radius 3 is 2.18 bits per heavy atom. The minimum atomic E-state index is -2.98. The highest BCUT2D eigenvalue weighted by Crippen LogP contribution is 1.84. The van der Waals surface area contributed by atoms with E-state index in [4.69, 9.17) is 0 Å². The highest BCUT2D eigenvalue weighted by molar-refractivity contribution is 7.88. The first-order valence-corrected chi connectivity index (χ1v) is 5.54. The van der Waals surface area contributed by atoms with Crippen LogP contribution in [0.1, 0.15) is 12.8 Å². The van der Waals surface area contributed by atoms with Crippen LogP contribution >= 0.6 is 0 Å². The summed E-state index contributed by atoms with van der Waals surface area (Å²) in [5.41, 5.74) is 0. The van der Waals surface area contributed by atoms with Gasteiger partial charge < -0.3 is 5.32 Å². The van der Waals surface area contributed by atoms with Gasteiger partial charge in [-0.3, -0.25) is 0 Å². The molecule has 4 nitrogen and oxygen atoms in total. The molecule has 0 aliphatic heterocycles. The van der Waals surface area contributed by atoms with Crippen LogP contribution in [0.5, 0.6) is 0 Å².